The Kier molecular flexibility index (Phi) is 8.21. The molecule has 0 unspecified atom stereocenters. The molecule has 1 fully saturated rings. The maximum Gasteiger partial charge on any atom is 0.416 e. The first-order chi connectivity index (χ1) is 16.1. The van der Waals surface area contributed by atoms with Gasteiger partial charge < -0.3 is 14.8 Å². The molecule has 2 amide bonds. The molecular weight excluding hydrogens is 489 g/mol. The fourth-order valence-corrected chi connectivity index (χ4v) is 4.49. The highest BCUT2D eigenvalue weighted by atomic mass is 32.2. The molecule has 0 radical (unpaired) electrons. The van der Waals surface area contributed by atoms with Crippen molar-refractivity contribution in [1.82, 2.24) is 4.90 Å². The quantitative estimate of drug-likeness (QED) is 0.382. The maximum absolute atomic E-state index is 12.8. The summed E-state index contributed by atoms with van der Waals surface area (Å²) in [5.74, 6) is 0.364. The van der Waals surface area contributed by atoms with Crippen molar-refractivity contribution in [1.29, 1.82) is 0 Å². The summed E-state index contributed by atoms with van der Waals surface area (Å²) in [7, 11) is 3.05. The number of rotatable bonds is 8. The van der Waals surface area contributed by atoms with E-state index in [0.29, 0.717) is 27.1 Å². The van der Waals surface area contributed by atoms with Crippen molar-refractivity contribution >= 4 is 51.9 Å². The lowest BCUT2D eigenvalue weighted by Crippen LogP contribution is -2.29. The summed E-state index contributed by atoms with van der Waals surface area (Å²) in [4.78, 5) is 26.8. The average Bonchev–Trinajstić information content (AvgIpc) is 3.05. The maximum atomic E-state index is 12.8. The van der Waals surface area contributed by atoms with Crippen LogP contribution in [-0.2, 0) is 15.8 Å². The summed E-state index contributed by atoms with van der Waals surface area (Å²) in [6.45, 7) is 0.212. The number of thioether (sulfide) groups is 1. The fourth-order valence-electron chi connectivity index (χ4n) is 3.18. The van der Waals surface area contributed by atoms with Crippen LogP contribution in [0.2, 0.25) is 0 Å². The second-order valence-electron chi connectivity index (χ2n) is 7.18. The van der Waals surface area contributed by atoms with Crippen LogP contribution in [0.25, 0.3) is 6.08 Å². The van der Waals surface area contributed by atoms with Crippen molar-refractivity contribution < 1.29 is 32.2 Å². The molecule has 1 aliphatic rings. The number of nitrogens with one attached hydrogen (secondary N) is 1. The fraction of sp³-hybridized carbons (Fsp3) is 0.261. The molecule has 1 heterocycles. The van der Waals surface area contributed by atoms with Crippen molar-refractivity contribution in [3.05, 3.63) is 58.5 Å². The molecule has 3 rings (SSSR count). The van der Waals surface area contributed by atoms with Crippen LogP contribution in [0.4, 0.5) is 18.9 Å². The number of anilines is 1. The zero-order chi connectivity index (χ0) is 24.9. The van der Waals surface area contributed by atoms with Crippen molar-refractivity contribution in [3.63, 3.8) is 0 Å². The van der Waals surface area contributed by atoms with Crippen LogP contribution in [0.15, 0.2) is 47.4 Å². The third-order valence-corrected chi connectivity index (χ3v) is 6.22. The van der Waals surface area contributed by atoms with Gasteiger partial charge >= 0.3 is 6.18 Å². The average molecular weight is 511 g/mol. The van der Waals surface area contributed by atoms with Gasteiger partial charge in [-0.05, 0) is 48.4 Å². The highest BCUT2D eigenvalue weighted by Crippen LogP contribution is 2.35. The van der Waals surface area contributed by atoms with E-state index in [1.165, 1.54) is 31.3 Å². The molecule has 0 atom stereocenters. The van der Waals surface area contributed by atoms with Crippen LogP contribution >= 0.6 is 24.0 Å². The van der Waals surface area contributed by atoms with Crippen LogP contribution in [0.1, 0.15) is 24.0 Å². The number of ether oxygens (including phenoxy) is 2. The molecule has 1 saturated heterocycles. The van der Waals surface area contributed by atoms with Crippen molar-refractivity contribution in [3.8, 4) is 11.5 Å². The van der Waals surface area contributed by atoms with Gasteiger partial charge in [0.1, 0.15) is 4.32 Å². The SMILES string of the molecule is COc1ccc(C=C2SC(=S)N(CCCC(=O)Nc3cccc(C(F)(F)F)c3)C2=O)cc1OC. The monoisotopic (exact) mass is 510 g/mol. The number of alkyl halides is 3. The lowest BCUT2D eigenvalue weighted by atomic mass is 10.1. The predicted molar refractivity (Wildman–Crippen MR) is 129 cm³/mol. The molecule has 0 aliphatic carbocycles. The van der Waals surface area contributed by atoms with Crippen LogP contribution in [0, 0.1) is 0 Å². The largest absolute Gasteiger partial charge is 0.493 e. The molecule has 0 spiro atoms. The van der Waals surface area contributed by atoms with E-state index in [2.05, 4.69) is 5.32 Å². The van der Waals surface area contributed by atoms with Gasteiger partial charge in [-0.2, -0.15) is 13.2 Å². The Labute approximate surface area is 204 Å². The van der Waals surface area contributed by atoms with E-state index in [1.54, 1.807) is 24.3 Å². The van der Waals surface area contributed by atoms with Gasteiger partial charge in [0.2, 0.25) is 5.91 Å². The van der Waals surface area contributed by atoms with E-state index in [0.717, 1.165) is 29.5 Å². The Balaban J connectivity index is 1.57. The van der Waals surface area contributed by atoms with Gasteiger partial charge in [-0.1, -0.05) is 36.1 Å². The zero-order valence-electron chi connectivity index (χ0n) is 18.3. The summed E-state index contributed by atoms with van der Waals surface area (Å²) >= 11 is 6.46. The predicted octanol–water partition coefficient (Wildman–Crippen LogP) is 5.34. The van der Waals surface area contributed by atoms with Gasteiger partial charge in [0.05, 0.1) is 24.7 Å². The number of thiocarbonyl (C=S) groups is 1. The molecule has 0 bridgehead atoms. The van der Waals surface area contributed by atoms with Crippen LogP contribution in [-0.4, -0.2) is 41.8 Å². The first kappa shape index (κ1) is 25.6. The summed E-state index contributed by atoms with van der Waals surface area (Å²) in [5, 5.41) is 2.45. The number of hydrogen-bond acceptors (Lipinski definition) is 6. The molecule has 1 aliphatic heterocycles. The van der Waals surface area contributed by atoms with Gasteiger partial charge in [-0.3, -0.25) is 14.5 Å². The molecular formula is C23H21F3N2O4S2. The minimum absolute atomic E-state index is 0.0159. The Morgan fingerprint density at radius 3 is 2.56 bits per heavy atom. The van der Waals surface area contributed by atoms with E-state index in [9.17, 15) is 22.8 Å². The zero-order valence-corrected chi connectivity index (χ0v) is 19.9. The minimum atomic E-state index is -4.49. The first-order valence-corrected chi connectivity index (χ1v) is 11.3. The number of halogens is 3. The van der Waals surface area contributed by atoms with E-state index in [-0.39, 0.29) is 24.6 Å². The lowest BCUT2D eigenvalue weighted by Gasteiger charge is -2.14. The molecule has 2 aromatic rings. The molecule has 11 heteroatoms. The number of amides is 2. The Morgan fingerprint density at radius 1 is 1.15 bits per heavy atom. The summed E-state index contributed by atoms with van der Waals surface area (Å²) in [6, 6.07) is 9.67. The highest BCUT2D eigenvalue weighted by Gasteiger charge is 2.32. The van der Waals surface area contributed by atoms with Crippen LogP contribution in [0.3, 0.4) is 0 Å². The van der Waals surface area contributed by atoms with Crippen molar-refractivity contribution in [2.75, 3.05) is 26.1 Å². The number of benzene rings is 2. The van der Waals surface area contributed by atoms with Gasteiger partial charge in [0.25, 0.3) is 5.91 Å². The second-order valence-corrected chi connectivity index (χ2v) is 8.85. The van der Waals surface area contributed by atoms with Crippen LogP contribution < -0.4 is 14.8 Å². The second kappa shape index (κ2) is 10.9. The van der Waals surface area contributed by atoms with Crippen molar-refractivity contribution in [2.24, 2.45) is 0 Å². The third-order valence-electron chi connectivity index (χ3n) is 4.84. The number of hydrogen-bond donors (Lipinski definition) is 1. The van der Waals surface area contributed by atoms with E-state index in [1.807, 2.05) is 0 Å². The number of carbonyl (C=O) groups excluding carboxylic acids is 2. The summed E-state index contributed by atoms with van der Waals surface area (Å²) in [5.41, 5.74) is -0.0500. The standard InChI is InChI=1S/C23H21F3N2O4S2/c1-31-17-9-8-14(11-18(17)32-2)12-19-21(30)28(22(33)34-19)10-4-7-20(29)27-16-6-3-5-15(13-16)23(24,25)26/h3,5-6,8-9,11-13H,4,7,10H2,1-2H3,(H,27,29). The Hall–Kier alpha value is -3.05. The van der Waals surface area contributed by atoms with E-state index < -0.39 is 17.6 Å². The summed E-state index contributed by atoms with van der Waals surface area (Å²) < 4.78 is 49.3. The van der Waals surface area contributed by atoms with Gasteiger partial charge in [-0.15, -0.1) is 0 Å². The highest BCUT2D eigenvalue weighted by molar-refractivity contribution is 8.26. The first-order valence-electron chi connectivity index (χ1n) is 10.1. The lowest BCUT2D eigenvalue weighted by molar-refractivity contribution is -0.137. The minimum Gasteiger partial charge on any atom is -0.493 e. The van der Waals surface area contributed by atoms with Gasteiger partial charge in [0.15, 0.2) is 11.5 Å². The molecule has 0 saturated carbocycles. The van der Waals surface area contributed by atoms with Crippen LogP contribution in [0.5, 0.6) is 11.5 Å². The van der Waals surface area contributed by atoms with E-state index in [4.69, 9.17) is 21.7 Å². The normalized spacial score (nSPS) is 15.1. The topological polar surface area (TPSA) is 67.9 Å². The van der Waals surface area contributed by atoms with Gasteiger partial charge in [0, 0.05) is 18.7 Å². The van der Waals surface area contributed by atoms with E-state index >= 15 is 0 Å². The molecule has 6 nitrogen and oxygen atoms in total. The number of methoxy groups -OCH3 is 2. The Bertz CT molecular complexity index is 1140. The molecule has 0 aromatic heterocycles. The molecule has 1 N–H and O–H groups in total. The Morgan fingerprint density at radius 2 is 1.88 bits per heavy atom. The molecule has 180 valence electrons. The number of carbonyl (C=O) groups is 2. The van der Waals surface area contributed by atoms with Crippen molar-refractivity contribution in [2.45, 2.75) is 19.0 Å². The van der Waals surface area contributed by atoms with Gasteiger partial charge in [-0.25, -0.2) is 0 Å². The molecule has 34 heavy (non-hydrogen) atoms. The molecule has 2 aromatic carbocycles. The number of nitrogens with zero attached hydrogens (tertiary/aromatic N) is 1. The third kappa shape index (κ3) is 6.29. The smallest absolute Gasteiger partial charge is 0.416 e. The summed E-state index contributed by atoms with van der Waals surface area (Å²) in [6.07, 6.45) is -2.49.